The van der Waals surface area contributed by atoms with Crippen LogP contribution in [-0.4, -0.2) is 36.3 Å². The van der Waals surface area contributed by atoms with E-state index in [1.807, 2.05) is 45.8 Å². The van der Waals surface area contributed by atoms with E-state index in [4.69, 9.17) is 12.2 Å². The molecule has 0 spiro atoms. The van der Waals surface area contributed by atoms with E-state index in [1.165, 1.54) is 36.2 Å². The topological polar surface area (TPSA) is 24.4 Å². The maximum atomic E-state index is 4.84. The van der Waals surface area contributed by atoms with Gasteiger partial charge in [-0.25, -0.2) is 0 Å². The van der Waals surface area contributed by atoms with E-state index in [-0.39, 0.29) is 0 Å². The zero-order valence-corrected chi connectivity index (χ0v) is 20.6. The van der Waals surface area contributed by atoms with Crippen molar-refractivity contribution in [3.05, 3.63) is 23.8 Å². The van der Waals surface area contributed by atoms with Gasteiger partial charge in [-0.05, 0) is 43.2 Å². The number of terminal acetylenes is 1. The molecule has 0 rings (SSSR count). The summed E-state index contributed by atoms with van der Waals surface area (Å²) in [5, 5.41) is 2.84. The average Bonchev–Trinajstić information content (AvgIpc) is 2.73. The minimum atomic E-state index is 0.625. The lowest BCUT2D eigenvalue weighted by Crippen LogP contribution is -2.18. The van der Waals surface area contributed by atoms with Crippen molar-refractivity contribution in [2.45, 2.75) is 73.6 Å². The number of thioether (sulfide) groups is 1. The Labute approximate surface area is 180 Å². The molecule has 0 bridgehead atoms. The highest BCUT2D eigenvalue weighted by Gasteiger charge is 1.98. The molecule has 1 N–H and O–H groups in total. The number of thiocarbonyl (C=S) groups is 1. The summed E-state index contributed by atoms with van der Waals surface area (Å²) in [4.78, 5) is 4.82. The minimum absolute atomic E-state index is 0.625. The molecule has 0 aliphatic rings. The van der Waals surface area contributed by atoms with Gasteiger partial charge in [0.1, 0.15) is 0 Å². The van der Waals surface area contributed by atoms with Gasteiger partial charge in [0.15, 0.2) is 0 Å². The minimum Gasteiger partial charge on any atom is -0.381 e. The van der Waals surface area contributed by atoms with Gasteiger partial charge in [-0.1, -0.05) is 78.4 Å². The van der Waals surface area contributed by atoms with Crippen LogP contribution in [0.1, 0.15) is 73.6 Å². The third-order valence-electron chi connectivity index (χ3n) is 3.02. The molecule has 0 aromatic heterocycles. The molecule has 158 valence electrons. The number of hydrogen-bond acceptors (Lipinski definition) is 3. The monoisotopic (exact) mass is 412 g/mol. The summed E-state index contributed by atoms with van der Waals surface area (Å²) in [6, 6.07) is 0. The molecule has 0 fully saturated rings. The summed E-state index contributed by atoms with van der Waals surface area (Å²) in [5.41, 5.74) is 2.81. The lowest BCUT2D eigenvalue weighted by atomic mass is 10.0. The fourth-order valence-corrected chi connectivity index (χ4v) is 2.51. The molecule has 0 aliphatic carbocycles. The van der Waals surface area contributed by atoms with E-state index in [1.54, 1.807) is 0 Å². The third-order valence-corrected chi connectivity index (χ3v) is 4.45. The van der Waals surface area contributed by atoms with Crippen molar-refractivity contribution >= 4 is 35.2 Å². The summed E-state index contributed by atoms with van der Waals surface area (Å²) >= 11 is 6.86. The number of nitrogens with one attached hydrogen (secondary N) is 1. The van der Waals surface area contributed by atoms with E-state index in [0.29, 0.717) is 6.54 Å². The highest BCUT2D eigenvalue weighted by molar-refractivity contribution is 7.99. The van der Waals surface area contributed by atoms with Crippen molar-refractivity contribution < 1.29 is 0 Å². The fourth-order valence-electron chi connectivity index (χ4n) is 1.66. The molecular formula is C23H44N2S2. The van der Waals surface area contributed by atoms with Crippen LogP contribution in [0.15, 0.2) is 28.8 Å². The van der Waals surface area contributed by atoms with Crippen molar-refractivity contribution in [2.75, 3.05) is 25.1 Å². The molecule has 0 aromatic rings. The number of allylic oxidation sites excluding steroid dienone is 2. The normalized spacial score (nSPS) is 9.74. The van der Waals surface area contributed by atoms with E-state index in [2.05, 4.69) is 56.6 Å². The van der Waals surface area contributed by atoms with Crippen molar-refractivity contribution in [3.63, 3.8) is 0 Å². The van der Waals surface area contributed by atoms with Gasteiger partial charge in [0.2, 0.25) is 0 Å². The van der Waals surface area contributed by atoms with Crippen molar-refractivity contribution in [1.82, 2.24) is 5.32 Å². The van der Waals surface area contributed by atoms with Crippen LogP contribution < -0.4 is 5.32 Å². The zero-order valence-electron chi connectivity index (χ0n) is 18.9. The second-order valence-electron chi connectivity index (χ2n) is 5.12. The summed E-state index contributed by atoms with van der Waals surface area (Å²) in [5.74, 6) is 2.43. The number of likely N-dealkylation sites (N-methyl/N-ethyl adjacent to an activating group) is 1. The van der Waals surface area contributed by atoms with Crippen LogP contribution in [0.2, 0.25) is 0 Å². The zero-order chi connectivity index (χ0) is 21.9. The first-order chi connectivity index (χ1) is 13.1. The Hall–Kier alpha value is -1.05. The lowest BCUT2D eigenvalue weighted by molar-refractivity contribution is 0.894. The van der Waals surface area contributed by atoms with E-state index in [9.17, 15) is 0 Å². The van der Waals surface area contributed by atoms with E-state index < -0.39 is 0 Å². The smallest absolute Gasteiger partial charge is 0.0968 e. The summed E-state index contributed by atoms with van der Waals surface area (Å²) in [7, 11) is 1.81. The maximum Gasteiger partial charge on any atom is 0.0968 e. The molecule has 0 heterocycles. The van der Waals surface area contributed by atoms with Gasteiger partial charge >= 0.3 is 0 Å². The fraction of sp³-hybridized carbons (Fsp3) is 0.652. The Morgan fingerprint density at radius 3 is 2.15 bits per heavy atom. The van der Waals surface area contributed by atoms with E-state index >= 15 is 0 Å². The molecule has 0 radical (unpaired) electrons. The van der Waals surface area contributed by atoms with Gasteiger partial charge < -0.3 is 5.32 Å². The average molecular weight is 413 g/mol. The summed E-state index contributed by atoms with van der Waals surface area (Å²) < 4.78 is 0. The first-order valence-corrected chi connectivity index (χ1v) is 11.6. The molecule has 0 aliphatic heterocycles. The van der Waals surface area contributed by atoms with Gasteiger partial charge in [0.25, 0.3) is 0 Å². The molecule has 4 heteroatoms. The number of rotatable bonds is 11. The van der Waals surface area contributed by atoms with Crippen LogP contribution in [0, 0.1) is 12.8 Å². The van der Waals surface area contributed by atoms with Gasteiger partial charge in [-0.15, -0.1) is 12.8 Å². The van der Waals surface area contributed by atoms with Crippen molar-refractivity contribution in [3.8, 4) is 12.8 Å². The molecule has 0 aromatic carbocycles. The van der Waals surface area contributed by atoms with Crippen LogP contribution in [0.25, 0.3) is 0 Å². The van der Waals surface area contributed by atoms with E-state index in [0.717, 1.165) is 23.6 Å². The third kappa shape index (κ3) is 29.9. The summed E-state index contributed by atoms with van der Waals surface area (Å²) in [6.45, 7) is 17.4. The quantitative estimate of drug-likeness (QED) is 0.129. The first kappa shape index (κ1) is 33.5. The summed E-state index contributed by atoms with van der Waals surface area (Å²) in [6.07, 6.45) is 18.0. The highest BCUT2D eigenvalue weighted by Crippen LogP contribution is 2.18. The Bertz CT molecular complexity index is 396. The largest absolute Gasteiger partial charge is 0.381 e. The second-order valence-corrected chi connectivity index (χ2v) is 6.76. The SMILES string of the molecule is C#C.C=C(CC)/C(=C/CSCCC)CCC.CC.CCC=NCC(=S)NC. The standard InChI is InChI=1S/C13H24S.C6H12N2S.C2H6.C2H2/c1-5-8-13(12(4)7-3)9-11-14-10-6-2;1-3-4-8-5-6(9)7-2;2*1-2/h9H,4-8,10-11H2,1-3H3;4H,3,5H2,1-2H3,(H,7,9);1-2H3;1-2H/b13-9+;;;. The Balaban J connectivity index is -0.000000175. The molecule has 0 saturated heterocycles. The van der Waals surface area contributed by atoms with Crippen LogP contribution >= 0.6 is 24.0 Å². The predicted molar refractivity (Wildman–Crippen MR) is 137 cm³/mol. The molecule has 0 saturated carbocycles. The van der Waals surface area contributed by atoms with Crippen LogP contribution in [-0.2, 0) is 0 Å². The predicted octanol–water partition coefficient (Wildman–Crippen LogP) is 7.11. The molecule has 0 amide bonds. The number of aliphatic imine (C=N–C) groups is 1. The Morgan fingerprint density at radius 2 is 1.74 bits per heavy atom. The molecule has 0 unspecified atom stereocenters. The molecular weight excluding hydrogens is 368 g/mol. The van der Waals surface area contributed by atoms with Crippen molar-refractivity contribution in [1.29, 1.82) is 0 Å². The number of hydrogen-bond donors (Lipinski definition) is 1. The van der Waals surface area contributed by atoms with Crippen LogP contribution in [0.4, 0.5) is 0 Å². The van der Waals surface area contributed by atoms with Crippen LogP contribution in [0.5, 0.6) is 0 Å². The van der Waals surface area contributed by atoms with Gasteiger partial charge in [0, 0.05) is 12.8 Å². The Kier molecular flexibility index (Phi) is 40.5. The Morgan fingerprint density at radius 1 is 1.15 bits per heavy atom. The lowest BCUT2D eigenvalue weighted by Gasteiger charge is -2.07. The maximum absolute atomic E-state index is 4.84. The molecule has 0 atom stereocenters. The highest BCUT2D eigenvalue weighted by atomic mass is 32.2. The van der Waals surface area contributed by atoms with Gasteiger partial charge in [-0.3, -0.25) is 4.99 Å². The van der Waals surface area contributed by atoms with Crippen molar-refractivity contribution in [2.24, 2.45) is 4.99 Å². The first-order valence-electron chi connectivity index (χ1n) is 10.0. The van der Waals surface area contributed by atoms with Gasteiger partial charge in [0.05, 0.1) is 11.5 Å². The number of nitrogens with zero attached hydrogens (tertiary/aromatic N) is 1. The van der Waals surface area contributed by atoms with Gasteiger partial charge in [-0.2, -0.15) is 11.8 Å². The molecule has 27 heavy (non-hydrogen) atoms. The molecule has 2 nitrogen and oxygen atoms in total. The van der Waals surface area contributed by atoms with Crippen LogP contribution in [0.3, 0.4) is 0 Å². The second kappa shape index (κ2) is 32.6.